The minimum atomic E-state index is -3.61. The molecule has 1 amide bonds. The lowest BCUT2D eigenvalue weighted by molar-refractivity contribution is -0.123. The highest BCUT2D eigenvalue weighted by atomic mass is 32.2. The van der Waals surface area contributed by atoms with E-state index in [4.69, 9.17) is 0 Å². The molecule has 1 N–H and O–H groups in total. The molecular formula is C20H34N2O3S. The summed E-state index contributed by atoms with van der Waals surface area (Å²) in [6.07, 6.45) is 1.55. The molecule has 1 aromatic carbocycles. The number of hydrogen-bond donors (Lipinski definition) is 1. The number of benzene rings is 1. The second-order valence-corrected chi connectivity index (χ2v) is 9.71. The number of amides is 1. The molecule has 148 valence electrons. The summed E-state index contributed by atoms with van der Waals surface area (Å²) in [4.78, 5) is 13.0. The highest BCUT2D eigenvalue weighted by Crippen LogP contribution is 2.25. The number of anilines is 1. The molecule has 5 nitrogen and oxygen atoms in total. The van der Waals surface area contributed by atoms with E-state index in [2.05, 4.69) is 33.0 Å². The maximum atomic E-state index is 13.0. The summed E-state index contributed by atoms with van der Waals surface area (Å²) < 4.78 is 26.4. The van der Waals surface area contributed by atoms with Gasteiger partial charge in [0, 0.05) is 6.04 Å². The Morgan fingerprint density at radius 1 is 1.04 bits per heavy atom. The van der Waals surface area contributed by atoms with Crippen molar-refractivity contribution in [1.82, 2.24) is 5.32 Å². The van der Waals surface area contributed by atoms with Crippen LogP contribution in [0.25, 0.3) is 0 Å². The third-order valence-corrected chi connectivity index (χ3v) is 5.72. The van der Waals surface area contributed by atoms with Gasteiger partial charge in [-0.05, 0) is 55.4 Å². The van der Waals surface area contributed by atoms with Crippen LogP contribution in [0.1, 0.15) is 52.2 Å². The number of nitrogens with one attached hydrogen (secondary N) is 1. The van der Waals surface area contributed by atoms with E-state index < -0.39 is 16.1 Å². The largest absolute Gasteiger partial charge is 0.351 e. The average Bonchev–Trinajstić information content (AvgIpc) is 2.46. The standard InChI is InChI=1S/C20H34N2O3S/c1-9-18(20(23)21-19(13(2)3)14(4)5)22(26(8,24)25)17-11-15(6)10-16(7)12-17/h10-14,18-19H,9H2,1-8H3,(H,21,23). The van der Waals surface area contributed by atoms with E-state index in [1.807, 2.05) is 39.0 Å². The van der Waals surface area contributed by atoms with E-state index in [0.717, 1.165) is 17.4 Å². The second kappa shape index (κ2) is 8.89. The summed E-state index contributed by atoms with van der Waals surface area (Å²) in [6.45, 7) is 13.9. The highest BCUT2D eigenvalue weighted by Gasteiger charge is 2.33. The first-order valence-corrected chi connectivity index (χ1v) is 11.1. The van der Waals surface area contributed by atoms with E-state index >= 15 is 0 Å². The quantitative estimate of drug-likeness (QED) is 0.746. The van der Waals surface area contributed by atoms with Gasteiger partial charge in [0.15, 0.2) is 0 Å². The van der Waals surface area contributed by atoms with Crippen molar-refractivity contribution >= 4 is 21.6 Å². The zero-order valence-electron chi connectivity index (χ0n) is 17.3. The molecule has 0 aliphatic heterocycles. The smallest absolute Gasteiger partial charge is 0.244 e. The van der Waals surface area contributed by atoms with Crippen molar-refractivity contribution in [2.75, 3.05) is 10.6 Å². The first kappa shape index (κ1) is 22.5. The zero-order valence-corrected chi connectivity index (χ0v) is 18.1. The molecule has 6 heteroatoms. The molecule has 26 heavy (non-hydrogen) atoms. The molecule has 0 heterocycles. The summed E-state index contributed by atoms with van der Waals surface area (Å²) >= 11 is 0. The summed E-state index contributed by atoms with van der Waals surface area (Å²) in [5.74, 6) is 0.290. The fourth-order valence-corrected chi connectivity index (χ4v) is 4.70. The Balaban J connectivity index is 3.32. The molecule has 1 aromatic rings. The van der Waals surface area contributed by atoms with E-state index in [1.54, 1.807) is 0 Å². The SMILES string of the molecule is CCC(C(=O)NC(C(C)C)C(C)C)N(c1cc(C)cc(C)c1)S(C)(=O)=O. The number of sulfonamides is 1. The Morgan fingerprint density at radius 2 is 1.50 bits per heavy atom. The summed E-state index contributed by atoms with van der Waals surface area (Å²) in [7, 11) is -3.61. The molecule has 0 saturated carbocycles. The molecule has 0 spiro atoms. The number of nitrogens with zero attached hydrogens (tertiary/aromatic N) is 1. The van der Waals surface area contributed by atoms with Gasteiger partial charge >= 0.3 is 0 Å². The molecule has 0 saturated heterocycles. The Bertz CT molecular complexity index is 698. The molecule has 0 aliphatic rings. The van der Waals surface area contributed by atoms with Crippen LogP contribution in [0.2, 0.25) is 0 Å². The Kier molecular flexibility index (Phi) is 7.69. The van der Waals surface area contributed by atoms with Gasteiger partial charge in [-0.1, -0.05) is 40.7 Å². The number of aryl methyl sites for hydroxylation is 2. The Morgan fingerprint density at radius 3 is 1.85 bits per heavy atom. The predicted octanol–water partition coefficient (Wildman–Crippen LogP) is 3.64. The van der Waals surface area contributed by atoms with E-state index in [1.165, 1.54) is 4.31 Å². The highest BCUT2D eigenvalue weighted by molar-refractivity contribution is 7.92. The van der Waals surface area contributed by atoms with Gasteiger partial charge in [-0.15, -0.1) is 0 Å². The first-order chi connectivity index (χ1) is 11.9. The van der Waals surface area contributed by atoms with Gasteiger partial charge in [-0.3, -0.25) is 9.10 Å². The van der Waals surface area contributed by atoms with Gasteiger partial charge in [0.05, 0.1) is 11.9 Å². The van der Waals surface area contributed by atoms with Crippen molar-refractivity contribution in [2.45, 2.75) is 67.0 Å². The monoisotopic (exact) mass is 382 g/mol. The minimum Gasteiger partial charge on any atom is -0.351 e. The maximum absolute atomic E-state index is 13.0. The van der Waals surface area contributed by atoms with Gasteiger partial charge in [0.1, 0.15) is 6.04 Å². The van der Waals surface area contributed by atoms with Crippen LogP contribution in [0, 0.1) is 25.7 Å². The average molecular weight is 383 g/mol. The van der Waals surface area contributed by atoms with E-state index in [0.29, 0.717) is 12.1 Å². The molecule has 0 radical (unpaired) electrons. The Labute approximate surface area is 159 Å². The fourth-order valence-electron chi connectivity index (χ4n) is 3.50. The van der Waals surface area contributed by atoms with Crippen LogP contribution in [0.3, 0.4) is 0 Å². The zero-order chi connectivity index (χ0) is 20.2. The van der Waals surface area contributed by atoms with Gasteiger partial charge in [-0.25, -0.2) is 8.42 Å². The summed E-state index contributed by atoms with van der Waals surface area (Å²) in [6, 6.07) is 4.83. The molecule has 0 fully saturated rings. The van der Waals surface area contributed by atoms with Crippen molar-refractivity contribution in [2.24, 2.45) is 11.8 Å². The van der Waals surface area contributed by atoms with Crippen molar-refractivity contribution in [3.05, 3.63) is 29.3 Å². The predicted molar refractivity (Wildman–Crippen MR) is 109 cm³/mol. The van der Waals surface area contributed by atoms with Gasteiger partial charge < -0.3 is 5.32 Å². The van der Waals surface area contributed by atoms with Crippen LogP contribution in [-0.2, 0) is 14.8 Å². The molecule has 0 aliphatic carbocycles. The summed E-state index contributed by atoms with van der Waals surface area (Å²) in [5, 5.41) is 3.07. The van der Waals surface area contributed by atoms with Crippen molar-refractivity contribution < 1.29 is 13.2 Å². The summed E-state index contributed by atoms with van der Waals surface area (Å²) in [5.41, 5.74) is 2.47. The number of carbonyl (C=O) groups is 1. The maximum Gasteiger partial charge on any atom is 0.244 e. The van der Waals surface area contributed by atoms with Crippen LogP contribution in [0.5, 0.6) is 0 Å². The molecule has 1 unspecified atom stereocenters. The van der Waals surface area contributed by atoms with Crippen LogP contribution in [0.4, 0.5) is 5.69 Å². The number of carbonyl (C=O) groups excluding carboxylic acids is 1. The lowest BCUT2D eigenvalue weighted by atomic mass is 9.93. The first-order valence-electron chi connectivity index (χ1n) is 9.26. The molecular weight excluding hydrogens is 348 g/mol. The third-order valence-electron chi connectivity index (χ3n) is 4.54. The topological polar surface area (TPSA) is 66.5 Å². The van der Waals surface area contributed by atoms with Crippen molar-refractivity contribution in [3.8, 4) is 0 Å². The molecule has 0 bridgehead atoms. The second-order valence-electron chi connectivity index (χ2n) is 7.85. The normalized spacial score (nSPS) is 13.3. The van der Waals surface area contributed by atoms with Gasteiger partial charge in [0.2, 0.25) is 15.9 Å². The van der Waals surface area contributed by atoms with Crippen LogP contribution < -0.4 is 9.62 Å². The lowest BCUT2D eigenvalue weighted by Crippen LogP contribution is -2.53. The van der Waals surface area contributed by atoms with Gasteiger partial charge in [-0.2, -0.15) is 0 Å². The third kappa shape index (κ3) is 5.73. The molecule has 1 rings (SSSR count). The van der Waals surface area contributed by atoms with Crippen LogP contribution >= 0.6 is 0 Å². The van der Waals surface area contributed by atoms with Crippen LogP contribution in [0.15, 0.2) is 18.2 Å². The molecule has 0 aromatic heterocycles. The van der Waals surface area contributed by atoms with Gasteiger partial charge in [0.25, 0.3) is 0 Å². The van der Waals surface area contributed by atoms with E-state index in [-0.39, 0.29) is 23.8 Å². The number of rotatable bonds is 8. The lowest BCUT2D eigenvalue weighted by Gasteiger charge is -2.33. The minimum absolute atomic E-state index is 0.00259. The van der Waals surface area contributed by atoms with Crippen molar-refractivity contribution in [3.63, 3.8) is 0 Å². The Hall–Kier alpha value is -1.56. The molecule has 1 atom stereocenters. The van der Waals surface area contributed by atoms with E-state index in [9.17, 15) is 13.2 Å². The van der Waals surface area contributed by atoms with Crippen molar-refractivity contribution in [1.29, 1.82) is 0 Å². The fraction of sp³-hybridized carbons (Fsp3) is 0.650. The van der Waals surface area contributed by atoms with Crippen LogP contribution in [-0.4, -0.2) is 32.7 Å². The number of hydrogen-bond acceptors (Lipinski definition) is 3.